The Hall–Kier alpha value is -1.16. The van der Waals surface area contributed by atoms with Crippen LogP contribution in [0, 0.1) is 5.82 Å². The van der Waals surface area contributed by atoms with E-state index in [2.05, 4.69) is 11.8 Å². The smallest absolute Gasteiger partial charge is 0.147 e. The Morgan fingerprint density at radius 2 is 2.05 bits per heavy atom. The van der Waals surface area contributed by atoms with Gasteiger partial charge in [0.1, 0.15) is 10.8 Å². The van der Waals surface area contributed by atoms with E-state index in [9.17, 15) is 4.39 Å². The van der Waals surface area contributed by atoms with E-state index in [1.54, 1.807) is 0 Å². The summed E-state index contributed by atoms with van der Waals surface area (Å²) in [4.78, 5) is 2.42. The van der Waals surface area contributed by atoms with Crippen molar-refractivity contribution in [1.82, 2.24) is 0 Å². The van der Waals surface area contributed by atoms with Crippen molar-refractivity contribution < 1.29 is 4.39 Å². The van der Waals surface area contributed by atoms with Crippen molar-refractivity contribution in [2.45, 2.75) is 45.1 Å². The van der Waals surface area contributed by atoms with Crippen molar-refractivity contribution in [3.8, 4) is 0 Å². The van der Waals surface area contributed by atoms with Crippen LogP contribution in [0.3, 0.4) is 0 Å². The molecule has 1 saturated carbocycles. The fourth-order valence-electron chi connectivity index (χ4n) is 2.91. The van der Waals surface area contributed by atoms with Gasteiger partial charge in [0.2, 0.25) is 0 Å². The van der Waals surface area contributed by atoms with E-state index < -0.39 is 0 Å². The highest BCUT2D eigenvalue weighted by Crippen LogP contribution is 2.29. The van der Waals surface area contributed by atoms with Crippen LogP contribution in [0.1, 0.15) is 44.6 Å². The zero-order chi connectivity index (χ0) is 13.8. The van der Waals surface area contributed by atoms with Gasteiger partial charge in [0, 0.05) is 18.2 Å². The van der Waals surface area contributed by atoms with Crippen molar-refractivity contribution in [2.75, 3.05) is 11.4 Å². The molecule has 19 heavy (non-hydrogen) atoms. The SMILES string of the molecule is CCN(c1ccc(C(N)=S)cc1F)C1CCCCC1. The molecule has 0 aromatic heterocycles. The summed E-state index contributed by atoms with van der Waals surface area (Å²) in [6, 6.07) is 5.53. The molecule has 0 radical (unpaired) electrons. The van der Waals surface area contributed by atoms with Crippen molar-refractivity contribution >= 4 is 22.9 Å². The highest BCUT2D eigenvalue weighted by Gasteiger charge is 2.22. The zero-order valence-corrected chi connectivity index (χ0v) is 12.2. The Kier molecular flexibility index (Phi) is 4.75. The molecule has 1 aromatic rings. The molecule has 0 aliphatic heterocycles. The minimum Gasteiger partial charge on any atom is -0.389 e. The lowest BCUT2D eigenvalue weighted by atomic mass is 9.93. The summed E-state index contributed by atoms with van der Waals surface area (Å²) in [5, 5.41) is 0. The number of thiocarbonyl (C=S) groups is 1. The van der Waals surface area contributed by atoms with E-state index in [1.165, 1.54) is 25.3 Å². The summed E-state index contributed by atoms with van der Waals surface area (Å²) in [5.41, 5.74) is 6.80. The number of nitrogens with two attached hydrogens (primary N) is 1. The van der Waals surface area contributed by atoms with Crippen LogP contribution in [0.25, 0.3) is 0 Å². The predicted octanol–water partition coefficient (Wildman–Crippen LogP) is 3.62. The van der Waals surface area contributed by atoms with Crippen molar-refractivity contribution in [3.05, 3.63) is 29.6 Å². The van der Waals surface area contributed by atoms with Gasteiger partial charge in [-0.3, -0.25) is 0 Å². The molecule has 1 aromatic carbocycles. The number of benzene rings is 1. The van der Waals surface area contributed by atoms with Crippen molar-refractivity contribution in [2.24, 2.45) is 5.73 Å². The molecule has 0 bridgehead atoms. The normalized spacial score (nSPS) is 16.3. The van der Waals surface area contributed by atoms with Crippen LogP contribution in [0.4, 0.5) is 10.1 Å². The molecule has 2 nitrogen and oxygen atoms in total. The molecule has 0 unspecified atom stereocenters. The molecule has 2 rings (SSSR count). The summed E-state index contributed by atoms with van der Waals surface area (Å²) >= 11 is 4.88. The summed E-state index contributed by atoms with van der Waals surface area (Å²) in [6.45, 7) is 2.91. The average Bonchev–Trinajstić information content (AvgIpc) is 2.42. The highest BCUT2D eigenvalue weighted by atomic mass is 32.1. The molecular formula is C15H21FN2S. The third-order valence-corrected chi connectivity index (χ3v) is 4.13. The standard InChI is InChI=1S/C15H21FN2S/c1-2-18(12-6-4-3-5-7-12)14-9-8-11(15(17)19)10-13(14)16/h8-10,12H,2-7H2,1H3,(H2,17,19). The Morgan fingerprint density at radius 1 is 1.37 bits per heavy atom. The molecule has 4 heteroatoms. The lowest BCUT2D eigenvalue weighted by Crippen LogP contribution is -2.37. The first-order valence-electron chi connectivity index (χ1n) is 6.99. The third kappa shape index (κ3) is 3.24. The molecule has 0 amide bonds. The van der Waals surface area contributed by atoms with E-state index in [0.29, 0.717) is 17.3 Å². The van der Waals surface area contributed by atoms with Gasteiger partial charge < -0.3 is 10.6 Å². The van der Waals surface area contributed by atoms with Gasteiger partial charge in [0.25, 0.3) is 0 Å². The number of anilines is 1. The van der Waals surface area contributed by atoms with Crippen LogP contribution < -0.4 is 10.6 Å². The quantitative estimate of drug-likeness (QED) is 0.854. The number of hydrogen-bond acceptors (Lipinski definition) is 2. The molecule has 1 fully saturated rings. The molecular weight excluding hydrogens is 259 g/mol. The van der Waals surface area contributed by atoms with Crippen LogP contribution >= 0.6 is 12.2 Å². The lowest BCUT2D eigenvalue weighted by molar-refractivity contribution is 0.414. The summed E-state index contributed by atoms with van der Waals surface area (Å²) < 4.78 is 14.2. The number of halogens is 1. The van der Waals surface area contributed by atoms with Crippen LogP contribution in [0.5, 0.6) is 0 Å². The van der Waals surface area contributed by atoms with Gasteiger partial charge in [-0.2, -0.15) is 0 Å². The Morgan fingerprint density at radius 3 is 2.58 bits per heavy atom. The Labute approximate surface area is 119 Å². The number of hydrogen-bond donors (Lipinski definition) is 1. The van der Waals surface area contributed by atoms with Crippen molar-refractivity contribution in [3.63, 3.8) is 0 Å². The first-order chi connectivity index (χ1) is 9.13. The second-order valence-electron chi connectivity index (χ2n) is 5.11. The maximum Gasteiger partial charge on any atom is 0.147 e. The second kappa shape index (κ2) is 6.33. The van der Waals surface area contributed by atoms with Gasteiger partial charge in [-0.1, -0.05) is 31.5 Å². The van der Waals surface area contributed by atoms with Gasteiger partial charge in [-0.05, 0) is 38.0 Å². The molecule has 2 N–H and O–H groups in total. The van der Waals surface area contributed by atoms with Crippen LogP contribution in [-0.4, -0.2) is 17.6 Å². The molecule has 1 aliphatic carbocycles. The molecule has 0 heterocycles. The first-order valence-corrected chi connectivity index (χ1v) is 7.40. The van der Waals surface area contributed by atoms with E-state index in [-0.39, 0.29) is 10.8 Å². The largest absolute Gasteiger partial charge is 0.389 e. The fourth-order valence-corrected chi connectivity index (χ4v) is 3.04. The number of nitrogens with zero attached hydrogens (tertiary/aromatic N) is 1. The Balaban J connectivity index is 2.24. The monoisotopic (exact) mass is 280 g/mol. The van der Waals surface area contributed by atoms with E-state index in [0.717, 1.165) is 19.4 Å². The zero-order valence-electron chi connectivity index (χ0n) is 11.4. The van der Waals surface area contributed by atoms with Gasteiger partial charge in [-0.25, -0.2) is 4.39 Å². The first kappa shape index (κ1) is 14.3. The summed E-state index contributed by atoms with van der Waals surface area (Å²) in [5.74, 6) is -0.224. The molecule has 104 valence electrons. The van der Waals surface area contributed by atoms with E-state index >= 15 is 0 Å². The second-order valence-corrected chi connectivity index (χ2v) is 5.55. The van der Waals surface area contributed by atoms with Gasteiger partial charge in [0.15, 0.2) is 0 Å². The van der Waals surface area contributed by atoms with Gasteiger partial charge in [0.05, 0.1) is 5.69 Å². The summed E-state index contributed by atoms with van der Waals surface area (Å²) in [6.07, 6.45) is 6.10. The minimum atomic E-state index is -0.224. The van der Waals surface area contributed by atoms with E-state index in [4.69, 9.17) is 18.0 Å². The number of rotatable bonds is 4. The maximum atomic E-state index is 14.2. The van der Waals surface area contributed by atoms with E-state index in [1.807, 2.05) is 12.1 Å². The molecule has 0 spiro atoms. The predicted molar refractivity (Wildman–Crippen MR) is 82.2 cm³/mol. The minimum absolute atomic E-state index is 0.224. The molecule has 0 saturated heterocycles. The van der Waals surface area contributed by atoms with Crippen LogP contribution in [-0.2, 0) is 0 Å². The van der Waals surface area contributed by atoms with Gasteiger partial charge in [-0.15, -0.1) is 0 Å². The fraction of sp³-hybridized carbons (Fsp3) is 0.533. The lowest BCUT2D eigenvalue weighted by Gasteiger charge is -2.35. The summed E-state index contributed by atoms with van der Waals surface area (Å²) in [7, 11) is 0. The van der Waals surface area contributed by atoms with Crippen molar-refractivity contribution in [1.29, 1.82) is 0 Å². The Bertz CT molecular complexity index is 455. The maximum absolute atomic E-state index is 14.2. The highest BCUT2D eigenvalue weighted by molar-refractivity contribution is 7.80. The van der Waals surface area contributed by atoms with Crippen LogP contribution in [0.15, 0.2) is 18.2 Å². The van der Waals surface area contributed by atoms with Crippen LogP contribution in [0.2, 0.25) is 0 Å². The topological polar surface area (TPSA) is 29.3 Å². The molecule has 0 atom stereocenters. The average molecular weight is 280 g/mol. The van der Waals surface area contributed by atoms with Gasteiger partial charge >= 0.3 is 0 Å². The molecule has 1 aliphatic rings. The third-order valence-electron chi connectivity index (χ3n) is 3.90.